The van der Waals surface area contributed by atoms with Crippen LogP contribution in [0.5, 0.6) is 0 Å². The zero-order valence-electron chi connectivity index (χ0n) is 11.0. The molecule has 0 bridgehead atoms. The Balaban J connectivity index is 1.72. The Morgan fingerprint density at radius 2 is 1.62 bits per heavy atom. The highest BCUT2D eigenvalue weighted by Gasteiger charge is 2.24. The Kier molecular flexibility index (Phi) is 4.66. The molecule has 2 fully saturated rings. The standard InChI is InChI=1S/C14H28N2/c1-12(13-8-10-16(2)11-9-13)15-14-6-4-3-5-7-14/h12-15H,3-11H2,1-2H3. The van der Waals surface area contributed by atoms with Gasteiger partial charge in [-0.05, 0) is 58.7 Å². The SMILES string of the molecule is CC(NC1CCCCC1)C1CCN(C)CC1. The molecule has 1 unspecified atom stereocenters. The second-order valence-electron chi connectivity index (χ2n) is 5.93. The Bertz CT molecular complexity index is 191. The molecule has 0 radical (unpaired) electrons. The number of hydrogen-bond donors (Lipinski definition) is 1. The molecule has 1 heterocycles. The predicted octanol–water partition coefficient (Wildman–Crippen LogP) is 2.64. The first-order valence-electron chi connectivity index (χ1n) is 7.20. The largest absolute Gasteiger partial charge is 0.311 e. The van der Waals surface area contributed by atoms with E-state index >= 15 is 0 Å². The zero-order chi connectivity index (χ0) is 11.4. The summed E-state index contributed by atoms with van der Waals surface area (Å²) in [5.74, 6) is 0.915. The Hall–Kier alpha value is -0.0800. The normalized spacial score (nSPS) is 28.1. The van der Waals surface area contributed by atoms with E-state index in [2.05, 4.69) is 24.2 Å². The van der Waals surface area contributed by atoms with Gasteiger partial charge < -0.3 is 10.2 Å². The van der Waals surface area contributed by atoms with Crippen molar-refractivity contribution in [1.82, 2.24) is 10.2 Å². The highest BCUT2D eigenvalue weighted by atomic mass is 15.1. The molecule has 0 aromatic carbocycles. The second kappa shape index (κ2) is 6.02. The Morgan fingerprint density at radius 1 is 1.00 bits per heavy atom. The summed E-state index contributed by atoms with van der Waals surface area (Å²) in [4.78, 5) is 2.46. The molecule has 2 rings (SSSR count). The highest BCUT2D eigenvalue weighted by molar-refractivity contribution is 4.82. The summed E-state index contributed by atoms with van der Waals surface area (Å²) in [6.45, 7) is 4.99. The topological polar surface area (TPSA) is 15.3 Å². The molecule has 1 aliphatic heterocycles. The lowest BCUT2D eigenvalue weighted by Gasteiger charge is -2.36. The number of hydrogen-bond acceptors (Lipinski definition) is 2. The van der Waals surface area contributed by atoms with E-state index in [9.17, 15) is 0 Å². The van der Waals surface area contributed by atoms with Crippen LogP contribution in [0.2, 0.25) is 0 Å². The summed E-state index contributed by atoms with van der Waals surface area (Å²) in [5.41, 5.74) is 0. The van der Waals surface area contributed by atoms with Crippen molar-refractivity contribution in [2.45, 2.75) is 64.0 Å². The number of rotatable bonds is 3. The maximum atomic E-state index is 3.88. The first-order chi connectivity index (χ1) is 7.75. The molecule has 2 aliphatic rings. The van der Waals surface area contributed by atoms with Crippen LogP contribution in [0.25, 0.3) is 0 Å². The summed E-state index contributed by atoms with van der Waals surface area (Å²) in [5, 5.41) is 3.88. The van der Waals surface area contributed by atoms with Gasteiger partial charge in [-0.15, -0.1) is 0 Å². The van der Waals surface area contributed by atoms with Crippen molar-refractivity contribution in [3.8, 4) is 0 Å². The Morgan fingerprint density at radius 3 is 2.25 bits per heavy atom. The molecule has 1 atom stereocenters. The monoisotopic (exact) mass is 224 g/mol. The van der Waals surface area contributed by atoms with Crippen LogP contribution in [0.3, 0.4) is 0 Å². The van der Waals surface area contributed by atoms with E-state index in [0.29, 0.717) is 0 Å². The number of piperidine rings is 1. The van der Waals surface area contributed by atoms with Gasteiger partial charge in [0.25, 0.3) is 0 Å². The third-order valence-corrected chi connectivity index (χ3v) is 4.57. The molecular weight excluding hydrogens is 196 g/mol. The van der Waals surface area contributed by atoms with Crippen molar-refractivity contribution < 1.29 is 0 Å². The molecule has 16 heavy (non-hydrogen) atoms. The molecule has 2 heteroatoms. The summed E-state index contributed by atoms with van der Waals surface area (Å²) in [7, 11) is 2.25. The van der Waals surface area contributed by atoms with Crippen LogP contribution in [-0.4, -0.2) is 37.1 Å². The molecule has 1 N–H and O–H groups in total. The summed E-state index contributed by atoms with van der Waals surface area (Å²) < 4.78 is 0. The summed E-state index contributed by atoms with van der Waals surface area (Å²) in [6.07, 6.45) is 9.94. The third kappa shape index (κ3) is 3.46. The fraction of sp³-hybridized carbons (Fsp3) is 1.00. The number of nitrogens with zero attached hydrogens (tertiary/aromatic N) is 1. The number of nitrogens with one attached hydrogen (secondary N) is 1. The van der Waals surface area contributed by atoms with Gasteiger partial charge in [0.1, 0.15) is 0 Å². The van der Waals surface area contributed by atoms with Gasteiger partial charge in [-0.1, -0.05) is 19.3 Å². The van der Waals surface area contributed by atoms with Crippen molar-refractivity contribution in [2.75, 3.05) is 20.1 Å². The fourth-order valence-corrected chi connectivity index (χ4v) is 3.31. The summed E-state index contributed by atoms with van der Waals surface area (Å²) in [6, 6.07) is 1.56. The predicted molar refractivity (Wildman–Crippen MR) is 69.7 cm³/mol. The van der Waals surface area contributed by atoms with E-state index < -0.39 is 0 Å². The van der Waals surface area contributed by atoms with Crippen LogP contribution in [0.15, 0.2) is 0 Å². The quantitative estimate of drug-likeness (QED) is 0.793. The van der Waals surface area contributed by atoms with Crippen LogP contribution >= 0.6 is 0 Å². The van der Waals surface area contributed by atoms with Crippen molar-refractivity contribution in [2.24, 2.45) is 5.92 Å². The molecule has 0 aromatic heterocycles. The molecule has 0 spiro atoms. The van der Waals surface area contributed by atoms with E-state index in [4.69, 9.17) is 0 Å². The lowest BCUT2D eigenvalue weighted by molar-refractivity contribution is 0.178. The van der Waals surface area contributed by atoms with Gasteiger partial charge in [0.05, 0.1) is 0 Å². The zero-order valence-corrected chi connectivity index (χ0v) is 11.0. The van der Waals surface area contributed by atoms with Crippen LogP contribution < -0.4 is 5.32 Å². The molecular formula is C14H28N2. The van der Waals surface area contributed by atoms with E-state index in [1.807, 2.05) is 0 Å². The van der Waals surface area contributed by atoms with E-state index in [0.717, 1.165) is 18.0 Å². The average molecular weight is 224 g/mol. The maximum absolute atomic E-state index is 3.88. The smallest absolute Gasteiger partial charge is 0.00705 e. The lowest BCUT2D eigenvalue weighted by Crippen LogP contribution is -2.45. The van der Waals surface area contributed by atoms with Gasteiger partial charge in [-0.3, -0.25) is 0 Å². The molecule has 94 valence electrons. The van der Waals surface area contributed by atoms with Gasteiger partial charge in [-0.2, -0.15) is 0 Å². The lowest BCUT2D eigenvalue weighted by atomic mass is 9.88. The number of likely N-dealkylation sites (tertiary alicyclic amines) is 1. The van der Waals surface area contributed by atoms with Crippen LogP contribution in [0.1, 0.15) is 51.9 Å². The molecule has 1 aliphatic carbocycles. The van der Waals surface area contributed by atoms with Crippen LogP contribution in [0.4, 0.5) is 0 Å². The van der Waals surface area contributed by atoms with Gasteiger partial charge in [0, 0.05) is 12.1 Å². The van der Waals surface area contributed by atoms with Gasteiger partial charge in [-0.25, -0.2) is 0 Å². The first-order valence-corrected chi connectivity index (χ1v) is 7.20. The Labute approximate surface area is 101 Å². The molecule has 1 saturated carbocycles. The highest BCUT2D eigenvalue weighted by Crippen LogP contribution is 2.23. The van der Waals surface area contributed by atoms with Crippen molar-refractivity contribution >= 4 is 0 Å². The minimum atomic E-state index is 0.733. The van der Waals surface area contributed by atoms with E-state index in [-0.39, 0.29) is 0 Å². The van der Waals surface area contributed by atoms with E-state index in [1.165, 1.54) is 58.0 Å². The first kappa shape index (κ1) is 12.4. The molecule has 1 saturated heterocycles. The van der Waals surface area contributed by atoms with Crippen molar-refractivity contribution in [3.05, 3.63) is 0 Å². The molecule has 0 amide bonds. The van der Waals surface area contributed by atoms with Crippen LogP contribution in [0, 0.1) is 5.92 Å². The summed E-state index contributed by atoms with van der Waals surface area (Å²) >= 11 is 0. The molecule has 0 aromatic rings. The second-order valence-corrected chi connectivity index (χ2v) is 5.93. The maximum Gasteiger partial charge on any atom is 0.00705 e. The minimum Gasteiger partial charge on any atom is -0.311 e. The van der Waals surface area contributed by atoms with Gasteiger partial charge >= 0.3 is 0 Å². The third-order valence-electron chi connectivity index (χ3n) is 4.57. The van der Waals surface area contributed by atoms with Crippen molar-refractivity contribution in [3.63, 3.8) is 0 Å². The van der Waals surface area contributed by atoms with Crippen molar-refractivity contribution in [1.29, 1.82) is 0 Å². The average Bonchev–Trinajstić information content (AvgIpc) is 2.31. The molecule has 2 nitrogen and oxygen atoms in total. The van der Waals surface area contributed by atoms with E-state index in [1.54, 1.807) is 0 Å². The van der Waals surface area contributed by atoms with Crippen LogP contribution in [-0.2, 0) is 0 Å². The van der Waals surface area contributed by atoms with Gasteiger partial charge in [0.15, 0.2) is 0 Å². The fourth-order valence-electron chi connectivity index (χ4n) is 3.31. The minimum absolute atomic E-state index is 0.733. The van der Waals surface area contributed by atoms with Gasteiger partial charge in [0.2, 0.25) is 0 Å².